The van der Waals surface area contributed by atoms with Crippen LogP contribution >= 0.6 is 0 Å². The largest absolute Gasteiger partial charge is 0.497 e. The zero-order valence-corrected chi connectivity index (χ0v) is 25.5. The third kappa shape index (κ3) is 6.99. The minimum atomic E-state index is 0.815. The molecule has 0 amide bonds. The van der Waals surface area contributed by atoms with Gasteiger partial charge in [-0.3, -0.25) is 0 Å². The number of hydrogen-bond donors (Lipinski definition) is 2. The van der Waals surface area contributed by atoms with Crippen LogP contribution in [0.25, 0.3) is 57.5 Å². The maximum absolute atomic E-state index is 5.54. The summed E-state index contributed by atoms with van der Waals surface area (Å²) in [5, 5.41) is 0. The molecule has 43 heavy (non-hydrogen) atoms. The molecule has 3 aromatic heterocycles. The highest BCUT2D eigenvalue weighted by molar-refractivity contribution is 5.91. The fourth-order valence-electron chi connectivity index (χ4n) is 6.09. The smallest absolute Gasteiger partial charge is 0.119 e. The molecule has 0 fully saturated rings. The van der Waals surface area contributed by atoms with E-state index in [1.54, 1.807) is 7.11 Å². The van der Waals surface area contributed by atoms with Gasteiger partial charge in [0.2, 0.25) is 0 Å². The average Bonchev–Trinajstić information content (AvgIpc) is 3.84. The van der Waals surface area contributed by atoms with Crippen LogP contribution in [0.3, 0.4) is 0 Å². The lowest BCUT2D eigenvalue weighted by Gasteiger charge is -2.06. The van der Waals surface area contributed by atoms with Gasteiger partial charge >= 0.3 is 0 Å². The number of benzene rings is 1. The molecule has 0 saturated carbocycles. The highest BCUT2D eigenvalue weighted by Gasteiger charge is 2.13. The van der Waals surface area contributed by atoms with Gasteiger partial charge in [0.15, 0.2) is 0 Å². The van der Waals surface area contributed by atoms with Crippen LogP contribution in [0.15, 0.2) is 60.7 Å². The van der Waals surface area contributed by atoms with Crippen LogP contribution in [-0.2, 0) is 6.42 Å². The van der Waals surface area contributed by atoms with Gasteiger partial charge in [-0.1, -0.05) is 70.4 Å². The number of aromatic amines is 2. The summed E-state index contributed by atoms with van der Waals surface area (Å²) in [7, 11) is 1.70. The molecule has 2 aliphatic rings. The van der Waals surface area contributed by atoms with Crippen LogP contribution in [0.5, 0.6) is 5.75 Å². The summed E-state index contributed by atoms with van der Waals surface area (Å²) in [6, 6.07) is 21.0. The van der Waals surface area contributed by atoms with E-state index in [1.807, 2.05) is 12.1 Å². The van der Waals surface area contributed by atoms with E-state index in [1.165, 1.54) is 63.4 Å². The summed E-state index contributed by atoms with van der Waals surface area (Å²) in [5.41, 5.74) is 11.4. The molecule has 5 heteroatoms. The maximum atomic E-state index is 5.54. The lowest BCUT2D eigenvalue weighted by atomic mass is 10.0. The van der Waals surface area contributed by atoms with E-state index in [2.05, 4.69) is 89.7 Å². The molecule has 220 valence electrons. The monoisotopic (exact) mass is 570 g/mol. The van der Waals surface area contributed by atoms with Crippen molar-refractivity contribution in [2.24, 2.45) is 0 Å². The van der Waals surface area contributed by atoms with Crippen LogP contribution in [0.1, 0.15) is 93.1 Å². The molecular formula is C38H42N4O. The van der Waals surface area contributed by atoms with E-state index in [4.69, 9.17) is 14.7 Å². The van der Waals surface area contributed by atoms with Gasteiger partial charge in [0.25, 0.3) is 0 Å². The number of fused-ring (bicyclic) bond motifs is 8. The van der Waals surface area contributed by atoms with Crippen molar-refractivity contribution in [3.8, 4) is 16.9 Å². The highest BCUT2D eigenvalue weighted by Crippen LogP contribution is 2.32. The Morgan fingerprint density at radius 1 is 0.628 bits per heavy atom. The first-order chi connectivity index (χ1) is 21.2. The number of ether oxygens (including phenoxy) is 1. The first-order valence-electron chi connectivity index (χ1n) is 15.9. The molecule has 5 nitrogen and oxygen atoms in total. The predicted octanol–water partition coefficient (Wildman–Crippen LogP) is 10.4. The Morgan fingerprint density at radius 2 is 1.26 bits per heavy atom. The second-order valence-corrected chi connectivity index (χ2v) is 11.6. The number of H-pyrrole nitrogens is 2. The zero-order valence-electron chi connectivity index (χ0n) is 25.5. The van der Waals surface area contributed by atoms with E-state index in [-0.39, 0.29) is 0 Å². The number of unbranched alkanes of at least 4 members (excludes halogenated alkanes) is 8. The minimum Gasteiger partial charge on any atom is -0.497 e. The molecule has 0 radical (unpaired) electrons. The predicted molar refractivity (Wildman–Crippen MR) is 182 cm³/mol. The fourth-order valence-corrected chi connectivity index (χ4v) is 6.09. The van der Waals surface area contributed by atoms with Gasteiger partial charge in [-0.2, -0.15) is 0 Å². The zero-order chi connectivity index (χ0) is 29.4. The van der Waals surface area contributed by atoms with E-state index in [0.29, 0.717) is 0 Å². The quantitative estimate of drug-likeness (QED) is 0.144. The Morgan fingerprint density at radius 3 is 1.98 bits per heavy atom. The summed E-state index contributed by atoms with van der Waals surface area (Å²) >= 11 is 0. The minimum absolute atomic E-state index is 0.815. The van der Waals surface area contributed by atoms with Crippen LogP contribution in [0, 0.1) is 0 Å². The summed E-state index contributed by atoms with van der Waals surface area (Å²) in [4.78, 5) is 17.4. The van der Waals surface area contributed by atoms with Gasteiger partial charge in [0.05, 0.1) is 29.9 Å². The van der Waals surface area contributed by atoms with Gasteiger partial charge in [-0.15, -0.1) is 0 Å². The Hall–Kier alpha value is -4.38. The van der Waals surface area contributed by atoms with E-state index in [0.717, 1.165) is 68.1 Å². The van der Waals surface area contributed by atoms with Crippen molar-refractivity contribution in [1.29, 1.82) is 0 Å². The molecule has 0 spiro atoms. The molecule has 5 heterocycles. The van der Waals surface area contributed by atoms with Crippen molar-refractivity contribution in [2.75, 3.05) is 7.11 Å². The third-order valence-electron chi connectivity index (χ3n) is 8.40. The Bertz CT molecular complexity index is 1790. The summed E-state index contributed by atoms with van der Waals surface area (Å²) in [6.45, 7) is 2.28. The standard InChI is InChI=1S/C38H42N4O/c1-3-4-5-6-7-8-9-10-11-15-33-34-20-16-28(39-34)25-30-18-22-36(41-30)38(27-13-12-14-32(24-27)43-2)37-23-19-31(42-37)26-29-17-21-35(33)40-29/h12-14,16-26,39,42H,3-11,15H2,1-2H3. The van der Waals surface area contributed by atoms with Crippen molar-refractivity contribution in [1.82, 2.24) is 19.9 Å². The third-order valence-corrected chi connectivity index (χ3v) is 8.40. The van der Waals surface area contributed by atoms with Crippen molar-refractivity contribution >= 4 is 46.4 Å². The van der Waals surface area contributed by atoms with Gasteiger partial charge in [-0.25, -0.2) is 9.97 Å². The summed E-state index contributed by atoms with van der Waals surface area (Å²) in [6.07, 6.45) is 21.4. The number of nitrogens with one attached hydrogen (secondary N) is 2. The Kier molecular flexibility index (Phi) is 9.17. The molecule has 1 aromatic carbocycles. The van der Waals surface area contributed by atoms with Gasteiger partial charge < -0.3 is 14.7 Å². The lowest BCUT2D eigenvalue weighted by Crippen LogP contribution is -1.92. The second-order valence-electron chi connectivity index (χ2n) is 11.6. The van der Waals surface area contributed by atoms with Gasteiger partial charge in [-0.05, 0) is 91.2 Å². The molecule has 2 N–H and O–H groups in total. The Balaban J connectivity index is 1.38. The SMILES string of the molecule is CCCCCCCCCCCc1c2nc(cc3ccc([nH]3)c(-c3cccc(OC)c3)c3nc(cc4ccc1[nH]4)C=C3)C=C2. The lowest BCUT2D eigenvalue weighted by molar-refractivity contribution is 0.415. The number of aryl methyl sites for hydroxylation is 1. The molecule has 6 rings (SSSR count). The molecule has 0 unspecified atom stereocenters. The molecule has 0 aliphatic carbocycles. The van der Waals surface area contributed by atoms with Crippen LogP contribution < -0.4 is 4.74 Å². The number of nitrogens with zero attached hydrogens (tertiary/aromatic N) is 2. The van der Waals surface area contributed by atoms with Crippen LogP contribution in [0.2, 0.25) is 0 Å². The van der Waals surface area contributed by atoms with Crippen molar-refractivity contribution in [2.45, 2.75) is 71.1 Å². The number of aromatic nitrogens is 4. The summed E-state index contributed by atoms with van der Waals surface area (Å²) in [5.74, 6) is 0.815. The topological polar surface area (TPSA) is 66.6 Å². The molecular weight excluding hydrogens is 528 g/mol. The normalized spacial score (nSPS) is 12.2. The molecule has 2 aliphatic heterocycles. The number of methoxy groups -OCH3 is 1. The van der Waals surface area contributed by atoms with Crippen LogP contribution in [0.4, 0.5) is 0 Å². The van der Waals surface area contributed by atoms with E-state index >= 15 is 0 Å². The highest BCUT2D eigenvalue weighted by atomic mass is 16.5. The van der Waals surface area contributed by atoms with Gasteiger partial charge in [0, 0.05) is 33.2 Å². The van der Waals surface area contributed by atoms with Gasteiger partial charge in [0.1, 0.15) is 5.75 Å². The van der Waals surface area contributed by atoms with Crippen molar-refractivity contribution in [3.05, 3.63) is 89.0 Å². The molecule has 0 atom stereocenters. The molecule has 0 saturated heterocycles. The average molecular weight is 571 g/mol. The molecule has 8 bridgehead atoms. The maximum Gasteiger partial charge on any atom is 0.119 e. The Labute approximate surface area is 254 Å². The fraction of sp³-hybridized carbons (Fsp3) is 0.316. The first-order valence-corrected chi connectivity index (χ1v) is 15.9. The van der Waals surface area contributed by atoms with E-state index in [9.17, 15) is 0 Å². The first kappa shape index (κ1) is 28.7. The molecule has 4 aromatic rings. The van der Waals surface area contributed by atoms with E-state index < -0.39 is 0 Å². The van der Waals surface area contributed by atoms with Crippen molar-refractivity contribution < 1.29 is 4.74 Å². The second kappa shape index (κ2) is 13.7. The summed E-state index contributed by atoms with van der Waals surface area (Å²) < 4.78 is 5.54. The van der Waals surface area contributed by atoms with Crippen LogP contribution in [-0.4, -0.2) is 27.0 Å². The van der Waals surface area contributed by atoms with Crippen molar-refractivity contribution in [3.63, 3.8) is 0 Å². The number of hydrogen-bond acceptors (Lipinski definition) is 3. The number of rotatable bonds is 12.